The van der Waals surface area contributed by atoms with Crippen molar-refractivity contribution in [1.29, 1.82) is 0 Å². The van der Waals surface area contributed by atoms with Crippen LogP contribution in [-0.4, -0.2) is 11.6 Å². The molecule has 6 rings (SSSR count). The number of nitrogens with one attached hydrogen (secondary N) is 2. The van der Waals surface area contributed by atoms with E-state index in [1.165, 1.54) is 23.2 Å². The SMILES string of the molecule is c1ccc2c(c1)CCC(c1ccc3c(c1)NC(c1ccc4ocnc4c1)CO3)N2. The molecule has 0 saturated heterocycles. The summed E-state index contributed by atoms with van der Waals surface area (Å²) in [5, 5.41) is 7.35. The van der Waals surface area contributed by atoms with E-state index in [1.807, 2.05) is 6.07 Å². The Labute approximate surface area is 168 Å². The van der Waals surface area contributed by atoms with Gasteiger partial charge in [0.15, 0.2) is 12.0 Å². The number of fused-ring (bicyclic) bond motifs is 3. The number of benzene rings is 3. The first-order valence-electron chi connectivity index (χ1n) is 10.0. The van der Waals surface area contributed by atoms with E-state index in [0.29, 0.717) is 12.6 Å². The number of aryl methyl sites for hydroxylation is 1. The summed E-state index contributed by atoms with van der Waals surface area (Å²) >= 11 is 0. The fraction of sp³-hybridized carbons (Fsp3) is 0.208. The van der Waals surface area contributed by atoms with Gasteiger partial charge in [0, 0.05) is 5.69 Å². The van der Waals surface area contributed by atoms with Gasteiger partial charge in [0.2, 0.25) is 0 Å². The zero-order valence-corrected chi connectivity index (χ0v) is 15.9. The minimum atomic E-state index is 0.0823. The number of ether oxygens (including phenoxy) is 1. The quantitative estimate of drug-likeness (QED) is 0.480. The van der Waals surface area contributed by atoms with E-state index < -0.39 is 0 Å². The van der Waals surface area contributed by atoms with Gasteiger partial charge in [-0.1, -0.05) is 30.3 Å². The normalized spacial score (nSPS) is 20.1. The molecule has 0 fully saturated rings. The molecule has 0 aliphatic carbocycles. The average Bonchev–Trinajstić information content (AvgIpc) is 3.26. The van der Waals surface area contributed by atoms with E-state index in [4.69, 9.17) is 9.15 Å². The third-order valence-corrected chi connectivity index (χ3v) is 5.95. The molecule has 3 aromatic carbocycles. The lowest BCUT2D eigenvalue weighted by molar-refractivity contribution is 0.286. The molecular formula is C24H21N3O2. The molecule has 2 N–H and O–H groups in total. The molecule has 144 valence electrons. The number of nitrogens with zero attached hydrogens (tertiary/aromatic N) is 1. The van der Waals surface area contributed by atoms with E-state index in [1.54, 1.807) is 0 Å². The fourth-order valence-corrected chi connectivity index (χ4v) is 4.37. The number of oxazole rings is 1. The minimum absolute atomic E-state index is 0.0823. The molecular weight excluding hydrogens is 362 g/mol. The van der Waals surface area contributed by atoms with E-state index in [0.717, 1.165) is 40.9 Å². The van der Waals surface area contributed by atoms with Gasteiger partial charge in [0.25, 0.3) is 0 Å². The summed E-state index contributed by atoms with van der Waals surface area (Å²) < 4.78 is 11.4. The zero-order valence-electron chi connectivity index (χ0n) is 15.9. The molecule has 2 unspecified atom stereocenters. The van der Waals surface area contributed by atoms with Crippen LogP contribution in [0, 0.1) is 0 Å². The van der Waals surface area contributed by atoms with Gasteiger partial charge >= 0.3 is 0 Å². The summed E-state index contributed by atoms with van der Waals surface area (Å²) in [7, 11) is 0. The first kappa shape index (κ1) is 16.5. The van der Waals surface area contributed by atoms with Crippen LogP contribution in [0.1, 0.15) is 35.2 Å². The molecule has 0 spiro atoms. The number of hydrogen-bond acceptors (Lipinski definition) is 5. The zero-order chi connectivity index (χ0) is 19.2. The van der Waals surface area contributed by atoms with Crippen molar-refractivity contribution in [3.8, 4) is 5.75 Å². The third kappa shape index (κ3) is 2.90. The Morgan fingerprint density at radius 2 is 1.72 bits per heavy atom. The second-order valence-corrected chi connectivity index (χ2v) is 7.74. The first-order chi connectivity index (χ1) is 14.3. The molecule has 0 bridgehead atoms. The highest BCUT2D eigenvalue weighted by Crippen LogP contribution is 2.39. The van der Waals surface area contributed by atoms with Gasteiger partial charge in [0.1, 0.15) is 17.9 Å². The summed E-state index contributed by atoms with van der Waals surface area (Å²) in [6.45, 7) is 0.588. The monoisotopic (exact) mass is 383 g/mol. The van der Waals surface area contributed by atoms with Crippen LogP contribution >= 0.6 is 0 Å². The largest absolute Gasteiger partial charge is 0.489 e. The Hall–Kier alpha value is -3.47. The summed E-state index contributed by atoms with van der Waals surface area (Å²) in [4.78, 5) is 4.27. The van der Waals surface area contributed by atoms with E-state index >= 15 is 0 Å². The minimum Gasteiger partial charge on any atom is -0.489 e. The average molecular weight is 383 g/mol. The van der Waals surface area contributed by atoms with Crippen LogP contribution in [0.4, 0.5) is 11.4 Å². The van der Waals surface area contributed by atoms with Crippen molar-refractivity contribution < 1.29 is 9.15 Å². The van der Waals surface area contributed by atoms with Crippen LogP contribution < -0.4 is 15.4 Å². The summed E-state index contributed by atoms with van der Waals surface area (Å²) in [6.07, 6.45) is 3.66. The first-order valence-corrected chi connectivity index (χ1v) is 10.0. The van der Waals surface area contributed by atoms with Crippen molar-refractivity contribution in [3.05, 3.63) is 83.7 Å². The second kappa shape index (κ2) is 6.55. The number of aromatic nitrogens is 1. The van der Waals surface area contributed by atoms with Crippen LogP contribution in [0.5, 0.6) is 5.75 Å². The highest BCUT2D eigenvalue weighted by atomic mass is 16.5. The van der Waals surface area contributed by atoms with Crippen LogP contribution in [0.2, 0.25) is 0 Å². The van der Waals surface area contributed by atoms with Gasteiger partial charge in [-0.3, -0.25) is 0 Å². The van der Waals surface area contributed by atoms with Gasteiger partial charge in [-0.15, -0.1) is 0 Å². The molecule has 2 aliphatic heterocycles. The Balaban J connectivity index is 1.27. The maximum absolute atomic E-state index is 6.06. The van der Waals surface area contributed by atoms with Crippen LogP contribution in [0.25, 0.3) is 11.1 Å². The fourth-order valence-electron chi connectivity index (χ4n) is 4.37. The topological polar surface area (TPSA) is 59.3 Å². The smallest absolute Gasteiger partial charge is 0.181 e. The van der Waals surface area contributed by atoms with Crippen molar-refractivity contribution >= 4 is 22.5 Å². The number of hydrogen-bond donors (Lipinski definition) is 2. The standard InChI is InChI=1S/C24H21N3O2/c1-2-4-18-15(3-1)5-8-19(26-18)16-6-10-24-21(12-16)27-22(13-28-24)17-7-9-23-20(11-17)25-14-29-23/h1-4,6-7,9-12,14,19,22,26-27H,5,8,13H2. The van der Waals surface area contributed by atoms with E-state index in [9.17, 15) is 0 Å². The maximum Gasteiger partial charge on any atom is 0.181 e. The number of rotatable bonds is 2. The molecule has 0 radical (unpaired) electrons. The lowest BCUT2D eigenvalue weighted by Crippen LogP contribution is -2.24. The Morgan fingerprint density at radius 1 is 0.862 bits per heavy atom. The predicted molar refractivity (Wildman–Crippen MR) is 113 cm³/mol. The molecule has 2 atom stereocenters. The Morgan fingerprint density at radius 3 is 2.72 bits per heavy atom. The number of para-hydroxylation sites is 1. The maximum atomic E-state index is 6.06. The van der Waals surface area contributed by atoms with Gasteiger partial charge in [-0.05, 0) is 59.9 Å². The van der Waals surface area contributed by atoms with Crippen molar-refractivity contribution in [1.82, 2.24) is 4.98 Å². The van der Waals surface area contributed by atoms with Gasteiger partial charge < -0.3 is 19.8 Å². The molecule has 1 aromatic heterocycles. The summed E-state index contributed by atoms with van der Waals surface area (Å²) in [5.41, 5.74) is 7.77. The molecule has 5 heteroatoms. The molecule has 3 heterocycles. The molecule has 29 heavy (non-hydrogen) atoms. The molecule has 0 saturated carbocycles. The Kier molecular flexibility index (Phi) is 3.72. The molecule has 0 amide bonds. The van der Waals surface area contributed by atoms with Gasteiger partial charge in [-0.25, -0.2) is 4.98 Å². The second-order valence-electron chi connectivity index (χ2n) is 7.74. The number of anilines is 2. The molecule has 4 aromatic rings. The van der Waals surface area contributed by atoms with Crippen LogP contribution in [0.3, 0.4) is 0 Å². The van der Waals surface area contributed by atoms with Crippen molar-refractivity contribution in [2.75, 3.05) is 17.2 Å². The van der Waals surface area contributed by atoms with Crippen molar-refractivity contribution in [3.63, 3.8) is 0 Å². The summed E-state index contributed by atoms with van der Waals surface area (Å²) in [6, 6.07) is 21.5. The van der Waals surface area contributed by atoms with Gasteiger partial charge in [0.05, 0.1) is 17.8 Å². The Bertz CT molecular complexity index is 1200. The van der Waals surface area contributed by atoms with E-state index in [2.05, 4.69) is 70.2 Å². The van der Waals surface area contributed by atoms with Crippen molar-refractivity contribution in [2.24, 2.45) is 0 Å². The summed E-state index contributed by atoms with van der Waals surface area (Å²) in [5.74, 6) is 0.906. The lowest BCUT2D eigenvalue weighted by atomic mass is 9.93. The molecule has 2 aliphatic rings. The van der Waals surface area contributed by atoms with Crippen molar-refractivity contribution in [2.45, 2.75) is 24.9 Å². The van der Waals surface area contributed by atoms with E-state index in [-0.39, 0.29) is 6.04 Å². The highest BCUT2D eigenvalue weighted by molar-refractivity contribution is 5.73. The van der Waals surface area contributed by atoms with Gasteiger partial charge in [-0.2, -0.15) is 0 Å². The highest BCUT2D eigenvalue weighted by Gasteiger charge is 2.24. The van der Waals surface area contributed by atoms with Crippen LogP contribution in [0.15, 0.2) is 71.5 Å². The molecule has 5 nitrogen and oxygen atoms in total. The third-order valence-electron chi connectivity index (χ3n) is 5.95. The predicted octanol–water partition coefficient (Wildman–Crippen LogP) is 5.47. The van der Waals surface area contributed by atoms with Crippen LogP contribution in [-0.2, 0) is 6.42 Å². The lowest BCUT2D eigenvalue weighted by Gasteiger charge is -2.31.